The minimum atomic E-state index is -2.66. The van der Waals surface area contributed by atoms with E-state index in [0.29, 0.717) is 0 Å². The monoisotopic (exact) mass is 183 g/mol. The third kappa shape index (κ3) is 1.23. The van der Waals surface area contributed by atoms with Crippen LogP contribution in [0.2, 0.25) is 0 Å². The molecule has 1 nitrogen and oxygen atoms in total. The molecular formula is C10H11F2N. The van der Waals surface area contributed by atoms with Gasteiger partial charge in [-0.25, -0.2) is 8.78 Å². The summed E-state index contributed by atoms with van der Waals surface area (Å²) in [6, 6.07) is 6.52. The summed E-state index contributed by atoms with van der Waals surface area (Å²) < 4.78 is 26.7. The number of benzene rings is 1. The molecule has 70 valence electrons. The van der Waals surface area contributed by atoms with Crippen molar-refractivity contribution in [2.24, 2.45) is 0 Å². The Labute approximate surface area is 75.8 Å². The fourth-order valence-electron chi connectivity index (χ4n) is 1.87. The Morgan fingerprint density at radius 3 is 2.77 bits per heavy atom. The van der Waals surface area contributed by atoms with Gasteiger partial charge in [0.1, 0.15) is 0 Å². The minimum Gasteiger partial charge on any atom is -0.313 e. The van der Waals surface area contributed by atoms with Crippen LogP contribution >= 0.6 is 0 Å². The highest BCUT2D eigenvalue weighted by atomic mass is 19.3. The Hall–Kier alpha value is -0.960. The van der Waals surface area contributed by atoms with E-state index in [-0.39, 0.29) is 18.0 Å². The molecule has 0 aromatic heterocycles. The first-order valence-corrected chi connectivity index (χ1v) is 4.29. The molecule has 0 fully saturated rings. The summed E-state index contributed by atoms with van der Waals surface area (Å²) in [6.45, 7) is 0. The molecule has 0 radical (unpaired) electrons. The highest BCUT2D eigenvalue weighted by Gasteiger charge is 2.43. The van der Waals surface area contributed by atoms with Crippen molar-refractivity contribution in [3.8, 4) is 0 Å². The van der Waals surface area contributed by atoms with Crippen LogP contribution in [0.15, 0.2) is 24.3 Å². The molecular weight excluding hydrogens is 172 g/mol. The molecule has 1 aliphatic carbocycles. The third-order valence-electron chi connectivity index (χ3n) is 2.54. The quantitative estimate of drug-likeness (QED) is 0.705. The predicted octanol–water partition coefficient (Wildman–Crippen LogP) is 2.44. The SMILES string of the molecule is CNC1CC(F)(F)c2ccccc21. The average molecular weight is 183 g/mol. The fraction of sp³-hybridized carbons (Fsp3) is 0.400. The van der Waals surface area contributed by atoms with Gasteiger partial charge in [0.15, 0.2) is 0 Å². The van der Waals surface area contributed by atoms with Crippen molar-refractivity contribution in [2.75, 3.05) is 7.05 Å². The Balaban J connectivity index is 2.51. The molecule has 0 amide bonds. The standard InChI is InChI=1S/C10H11F2N/c1-13-9-6-10(11,12)8-5-3-2-4-7(8)9/h2-5,9,13H,6H2,1H3. The van der Waals surface area contributed by atoms with Gasteiger partial charge in [0.25, 0.3) is 5.92 Å². The van der Waals surface area contributed by atoms with Crippen molar-refractivity contribution >= 4 is 0 Å². The first-order chi connectivity index (χ1) is 6.15. The van der Waals surface area contributed by atoms with E-state index in [4.69, 9.17) is 0 Å². The van der Waals surface area contributed by atoms with Gasteiger partial charge in [0, 0.05) is 18.0 Å². The highest BCUT2D eigenvalue weighted by Crippen LogP contribution is 2.46. The van der Waals surface area contributed by atoms with E-state index in [1.807, 2.05) is 0 Å². The Kier molecular flexibility index (Phi) is 1.84. The van der Waals surface area contributed by atoms with Crippen LogP contribution in [0.3, 0.4) is 0 Å². The number of halogens is 2. The molecule has 0 saturated carbocycles. The van der Waals surface area contributed by atoms with Crippen LogP contribution in [0.1, 0.15) is 23.6 Å². The van der Waals surface area contributed by atoms with E-state index in [1.165, 1.54) is 6.07 Å². The van der Waals surface area contributed by atoms with Crippen molar-refractivity contribution in [1.82, 2.24) is 5.32 Å². The highest BCUT2D eigenvalue weighted by molar-refractivity contribution is 5.38. The van der Waals surface area contributed by atoms with Crippen LogP contribution in [0.4, 0.5) is 8.78 Å². The number of rotatable bonds is 1. The molecule has 0 bridgehead atoms. The molecule has 1 atom stereocenters. The van der Waals surface area contributed by atoms with E-state index in [1.54, 1.807) is 25.2 Å². The van der Waals surface area contributed by atoms with E-state index in [2.05, 4.69) is 5.32 Å². The molecule has 3 heteroatoms. The molecule has 1 unspecified atom stereocenters. The molecule has 1 aliphatic rings. The maximum absolute atomic E-state index is 13.3. The Bertz CT molecular complexity index is 322. The molecule has 1 N–H and O–H groups in total. The smallest absolute Gasteiger partial charge is 0.275 e. The molecule has 0 spiro atoms. The molecule has 0 aliphatic heterocycles. The van der Waals surface area contributed by atoms with E-state index < -0.39 is 5.92 Å². The Morgan fingerprint density at radius 1 is 1.38 bits per heavy atom. The number of alkyl halides is 2. The first kappa shape index (κ1) is 8.63. The normalized spacial score (nSPS) is 24.4. The van der Waals surface area contributed by atoms with E-state index in [9.17, 15) is 8.78 Å². The number of hydrogen-bond donors (Lipinski definition) is 1. The van der Waals surface area contributed by atoms with Gasteiger partial charge in [0.2, 0.25) is 0 Å². The third-order valence-corrected chi connectivity index (χ3v) is 2.54. The first-order valence-electron chi connectivity index (χ1n) is 4.29. The molecule has 13 heavy (non-hydrogen) atoms. The van der Waals surface area contributed by atoms with Crippen molar-refractivity contribution in [3.05, 3.63) is 35.4 Å². The Morgan fingerprint density at radius 2 is 2.08 bits per heavy atom. The summed E-state index contributed by atoms with van der Waals surface area (Å²) in [5.74, 6) is -2.66. The lowest BCUT2D eigenvalue weighted by atomic mass is 10.1. The maximum Gasteiger partial charge on any atom is 0.275 e. The van der Waals surface area contributed by atoms with Crippen molar-refractivity contribution in [1.29, 1.82) is 0 Å². The van der Waals surface area contributed by atoms with E-state index >= 15 is 0 Å². The predicted molar refractivity (Wildman–Crippen MR) is 46.8 cm³/mol. The van der Waals surface area contributed by atoms with Gasteiger partial charge in [0.05, 0.1) is 0 Å². The average Bonchev–Trinajstić information content (AvgIpc) is 2.39. The zero-order chi connectivity index (χ0) is 9.47. The molecule has 1 aromatic rings. The zero-order valence-corrected chi connectivity index (χ0v) is 7.35. The minimum absolute atomic E-state index is 0.122. The van der Waals surface area contributed by atoms with Crippen LogP contribution in [0.5, 0.6) is 0 Å². The molecule has 2 rings (SSSR count). The second kappa shape index (κ2) is 2.77. The summed E-state index contributed by atoms with van der Waals surface area (Å²) in [7, 11) is 1.71. The number of nitrogens with one attached hydrogen (secondary N) is 1. The van der Waals surface area contributed by atoms with Gasteiger partial charge >= 0.3 is 0 Å². The molecule has 0 heterocycles. The molecule has 1 aromatic carbocycles. The fourth-order valence-corrected chi connectivity index (χ4v) is 1.87. The van der Waals surface area contributed by atoms with Gasteiger partial charge in [-0.1, -0.05) is 24.3 Å². The lowest BCUT2D eigenvalue weighted by Gasteiger charge is -2.09. The van der Waals surface area contributed by atoms with Crippen LogP contribution in [-0.4, -0.2) is 7.05 Å². The van der Waals surface area contributed by atoms with Crippen LogP contribution in [0, 0.1) is 0 Å². The van der Waals surface area contributed by atoms with Gasteiger partial charge < -0.3 is 5.32 Å². The lowest BCUT2D eigenvalue weighted by Crippen LogP contribution is -2.15. The second-order valence-electron chi connectivity index (χ2n) is 3.34. The summed E-state index contributed by atoms with van der Waals surface area (Å²) in [5, 5.41) is 2.90. The number of hydrogen-bond acceptors (Lipinski definition) is 1. The topological polar surface area (TPSA) is 12.0 Å². The maximum atomic E-state index is 13.3. The summed E-state index contributed by atoms with van der Waals surface area (Å²) in [4.78, 5) is 0. The van der Waals surface area contributed by atoms with Crippen molar-refractivity contribution < 1.29 is 8.78 Å². The summed E-state index contributed by atoms with van der Waals surface area (Å²) in [5.41, 5.74) is 0.907. The lowest BCUT2D eigenvalue weighted by molar-refractivity contribution is -0.00838. The van der Waals surface area contributed by atoms with Crippen molar-refractivity contribution in [2.45, 2.75) is 18.4 Å². The largest absolute Gasteiger partial charge is 0.313 e. The van der Waals surface area contributed by atoms with Crippen LogP contribution in [0.25, 0.3) is 0 Å². The summed E-state index contributed by atoms with van der Waals surface area (Å²) in [6.07, 6.45) is -0.122. The van der Waals surface area contributed by atoms with E-state index in [0.717, 1.165) is 5.56 Å². The van der Waals surface area contributed by atoms with Gasteiger partial charge in [-0.2, -0.15) is 0 Å². The van der Waals surface area contributed by atoms with Crippen LogP contribution in [-0.2, 0) is 5.92 Å². The van der Waals surface area contributed by atoms with Gasteiger partial charge in [-0.3, -0.25) is 0 Å². The number of fused-ring (bicyclic) bond motifs is 1. The van der Waals surface area contributed by atoms with Crippen molar-refractivity contribution in [3.63, 3.8) is 0 Å². The second-order valence-corrected chi connectivity index (χ2v) is 3.34. The van der Waals surface area contributed by atoms with Crippen LogP contribution < -0.4 is 5.32 Å². The molecule has 0 saturated heterocycles. The van der Waals surface area contributed by atoms with Gasteiger partial charge in [-0.05, 0) is 12.6 Å². The van der Waals surface area contributed by atoms with Gasteiger partial charge in [-0.15, -0.1) is 0 Å². The summed E-state index contributed by atoms with van der Waals surface area (Å²) >= 11 is 0. The zero-order valence-electron chi connectivity index (χ0n) is 7.35.